The number of hydrogen-bond acceptors (Lipinski definition) is 9. The standard InChI is InChI=1S/C27H28FN7O2S/c1-18-7-9-30-25(11-18)26(36)27-13-19(14-29)24(32-22-5-3-21(28)4-6-22)12-20(27)8-10-34(17-27)35(37)38-23-15-31-33(2)16-23/h3-7,9,11-12,14-16,29,32,37H,8,10,13,17H2,1-2H3. The third-order valence-corrected chi connectivity index (χ3v) is 7.67. The Kier molecular flexibility index (Phi) is 7.26. The largest absolute Gasteiger partial charge is 0.355 e. The Bertz CT molecular complexity index is 1440. The van der Waals surface area contributed by atoms with E-state index in [0.717, 1.165) is 32.6 Å². The van der Waals surface area contributed by atoms with E-state index in [1.807, 2.05) is 19.1 Å². The monoisotopic (exact) mass is 533 g/mol. The quantitative estimate of drug-likeness (QED) is 0.164. The molecule has 1 fully saturated rings. The van der Waals surface area contributed by atoms with E-state index in [-0.39, 0.29) is 24.6 Å². The van der Waals surface area contributed by atoms with E-state index in [1.54, 1.807) is 53.5 Å². The number of hydrogen-bond donors (Lipinski definition) is 3. The van der Waals surface area contributed by atoms with Gasteiger partial charge in [0.2, 0.25) is 0 Å². The van der Waals surface area contributed by atoms with E-state index in [9.17, 15) is 14.4 Å². The summed E-state index contributed by atoms with van der Waals surface area (Å²) in [5, 5.41) is 28.3. The molecular weight excluding hydrogens is 505 g/mol. The van der Waals surface area contributed by atoms with Gasteiger partial charge < -0.3 is 10.7 Å². The van der Waals surface area contributed by atoms with Crippen LogP contribution in [0, 0.1) is 23.6 Å². The number of anilines is 1. The number of carbonyl (C=O) groups is 1. The molecule has 5 rings (SSSR count). The fourth-order valence-electron chi connectivity index (χ4n) is 4.93. The molecule has 0 amide bonds. The number of aromatic nitrogens is 3. The van der Waals surface area contributed by atoms with Crippen LogP contribution in [0.3, 0.4) is 0 Å². The Morgan fingerprint density at radius 1 is 1.32 bits per heavy atom. The highest BCUT2D eigenvalue weighted by molar-refractivity contribution is 7.96. The number of fused-ring (bicyclic) bond motifs is 1. The number of halogens is 1. The Hall–Kier alpha value is -3.64. The maximum absolute atomic E-state index is 14.2. The molecule has 0 saturated carbocycles. The highest BCUT2D eigenvalue weighted by atomic mass is 32.2. The summed E-state index contributed by atoms with van der Waals surface area (Å²) in [6.45, 7) is 2.60. The Balaban J connectivity index is 1.50. The first-order chi connectivity index (χ1) is 18.3. The summed E-state index contributed by atoms with van der Waals surface area (Å²) in [5.74, 6) is -0.490. The number of benzene rings is 1. The van der Waals surface area contributed by atoms with Crippen LogP contribution in [0.5, 0.6) is 0 Å². The minimum atomic E-state index is -1.03. The second kappa shape index (κ2) is 10.6. The predicted octanol–water partition coefficient (Wildman–Crippen LogP) is 4.80. The van der Waals surface area contributed by atoms with Gasteiger partial charge in [0.05, 0.1) is 16.5 Å². The first-order valence-electron chi connectivity index (χ1n) is 12.1. The number of rotatable bonds is 8. The maximum atomic E-state index is 14.2. The lowest BCUT2D eigenvalue weighted by Gasteiger charge is -2.47. The van der Waals surface area contributed by atoms with Crippen LogP contribution in [0.1, 0.15) is 28.9 Å². The third-order valence-electron chi connectivity index (χ3n) is 6.85. The normalized spacial score (nSPS) is 19.8. The van der Waals surface area contributed by atoms with Crippen LogP contribution in [-0.4, -0.2) is 54.6 Å². The summed E-state index contributed by atoms with van der Waals surface area (Å²) >= 11 is 1.11. The molecule has 1 saturated heterocycles. The van der Waals surface area contributed by atoms with Crippen molar-refractivity contribution in [1.29, 1.82) is 5.41 Å². The predicted molar refractivity (Wildman–Crippen MR) is 143 cm³/mol. The number of hydrazine groups is 1. The summed E-state index contributed by atoms with van der Waals surface area (Å²) in [7, 11) is 1.80. The summed E-state index contributed by atoms with van der Waals surface area (Å²) in [4.78, 5) is 19.3. The third kappa shape index (κ3) is 5.18. The second-order valence-electron chi connectivity index (χ2n) is 9.52. The first-order valence-corrected chi connectivity index (χ1v) is 12.9. The van der Waals surface area contributed by atoms with Crippen LogP contribution in [-0.2, 0) is 7.05 Å². The molecule has 1 atom stereocenters. The number of pyridine rings is 1. The summed E-state index contributed by atoms with van der Waals surface area (Å²) in [5.41, 5.74) is 3.15. The average Bonchev–Trinajstić information content (AvgIpc) is 3.33. The molecule has 0 bridgehead atoms. The van der Waals surface area contributed by atoms with Gasteiger partial charge in [0, 0.05) is 62.1 Å². The SMILES string of the molecule is Cc1ccnc(C(=O)C23CC(C=N)=C(Nc4ccc(F)cc4)C=C2CCN(N(O)Sc2cnn(C)c2)C3)c1. The summed E-state index contributed by atoms with van der Waals surface area (Å²) in [6.07, 6.45) is 9.02. The van der Waals surface area contributed by atoms with Crippen molar-refractivity contribution < 1.29 is 14.4 Å². The Morgan fingerprint density at radius 2 is 2.11 bits per heavy atom. The molecule has 2 aliphatic rings. The first kappa shape index (κ1) is 26.0. The van der Waals surface area contributed by atoms with E-state index in [2.05, 4.69) is 15.4 Å². The van der Waals surface area contributed by atoms with Gasteiger partial charge in [0.1, 0.15) is 11.5 Å². The fraction of sp³-hybridized carbons (Fsp3) is 0.259. The lowest BCUT2D eigenvalue weighted by molar-refractivity contribution is -0.171. The molecule has 1 aliphatic heterocycles. The fourth-order valence-corrected chi connectivity index (χ4v) is 5.67. The smallest absolute Gasteiger partial charge is 0.193 e. The number of piperidine rings is 1. The molecule has 3 aromatic rings. The van der Waals surface area contributed by atoms with Crippen LogP contribution in [0.2, 0.25) is 0 Å². The van der Waals surface area contributed by atoms with E-state index in [0.29, 0.717) is 35.6 Å². The topological polar surface area (TPSA) is 110 Å². The summed E-state index contributed by atoms with van der Waals surface area (Å²) < 4.78 is 16.1. The van der Waals surface area contributed by atoms with E-state index >= 15 is 0 Å². The number of aryl methyl sites for hydroxylation is 2. The van der Waals surface area contributed by atoms with Gasteiger partial charge in [-0.25, -0.2) is 9.40 Å². The molecule has 3 N–H and O–H groups in total. The van der Waals surface area contributed by atoms with Gasteiger partial charge in [-0.3, -0.25) is 19.7 Å². The van der Waals surface area contributed by atoms with Crippen molar-refractivity contribution in [1.82, 2.24) is 24.4 Å². The van der Waals surface area contributed by atoms with Crippen molar-refractivity contribution >= 4 is 29.6 Å². The van der Waals surface area contributed by atoms with Gasteiger partial charge in [-0.2, -0.15) is 5.10 Å². The molecule has 38 heavy (non-hydrogen) atoms. The van der Waals surface area contributed by atoms with Gasteiger partial charge >= 0.3 is 0 Å². The zero-order valence-corrected chi connectivity index (χ0v) is 21.9. The molecule has 0 radical (unpaired) electrons. The van der Waals surface area contributed by atoms with E-state index in [1.165, 1.54) is 18.3 Å². The number of ketones is 1. The van der Waals surface area contributed by atoms with Crippen molar-refractivity contribution in [2.45, 2.75) is 24.7 Å². The van der Waals surface area contributed by atoms with Crippen molar-refractivity contribution in [2.24, 2.45) is 12.5 Å². The van der Waals surface area contributed by atoms with Gasteiger partial charge in [-0.15, -0.1) is 0 Å². The van der Waals surface area contributed by atoms with Crippen LogP contribution in [0.15, 0.2) is 82.8 Å². The second-order valence-corrected chi connectivity index (χ2v) is 10.5. The molecule has 9 nitrogen and oxygen atoms in total. The van der Waals surface area contributed by atoms with Gasteiger partial charge in [-0.05, 0) is 73.4 Å². The van der Waals surface area contributed by atoms with Crippen molar-refractivity contribution in [3.63, 3.8) is 0 Å². The molecule has 1 aromatic carbocycles. The van der Waals surface area contributed by atoms with Crippen LogP contribution < -0.4 is 5.32 Å². The zero-order chi connectivity index (χ0) is 26.9. The van der Waals surface area contributed by atoms with E-state index < -0.39 is 5.41 Å². The number of nitrogens with one attached hydrogen (secondary N) is 2. The van der Waals surface area contributed by atoms with Crippen LogP contribution in [0.25, 0.3) is 0 Å². The number of Topliss-reactive ketones (excluding diaryl/α,β-unsaturated/α-hetero) is 1. The van der Waals surface area contributed by atoms with E-state index in [4.69, 9.17) is 5.41 Å². The maximum Gasteiger partial charge on any atom is 0.193 e. The Morgan fingerprint density at radius 3 is 2.79 bits per heavy atom. The number of carbonyl (C=O) groups excluding carboxylic acids is 1. The molecule has 2 aromatic heterocycles. The Labute approximate surface area is 224 Å². The molecule has 0 spiro atoms. The average molecular weight is 534 g/mol. The minimum Gasteiger partial charge on any atom is -0.355 e. The highest BCUT2D eigenvalue weighted by Gasteiger charge is 2.50. The lowest BCUT2D eigenvalue weighted by Crippen LogP contribution is -2.54. The molecule has 1 unspecified atom stereocenters. The number of allylic oxidation sites excluding steroid dienone is 2. The molecular formula is C27H28FN7O2S. The molecule has 11 heteroatoms. The minimum absolute atomic E-state index is 0.155. The summed E-state index contributed by atoms with van der Waals surface area (Å²) in [6, 6.07) is 9.62. The molecule has 1 aliphatic carbocycles. The highest BCUT2D eigenvalue weighted by Crippen LogP contribution is 2.47. The van der Waals surface area contributed by atoms with Crippen molar-refractivity contribution in [3.05, 3.63) is 95.0 Å². The van der Waals surface area contributed by atoms with Crippen molar-refractivity contribution in [3.8, 4) is 0 Å². The molecule has 196 valence electrons. The van der Waals surface area contributed by atoms with Gasteiger partial charge in [0.25, 0.3) is 0 Å². The van der Waals surface area contributed by atoms with Gasteiger partial charge in [-0.1, -0.05) is 10.2 Å². The van der Waals surface area contributed by atoms with Crippen LogP contribution >= 0.6 is 11.9 Å². The van der Waals surface area contributed by atoms with Crippen molar-refractivity contribution in [2.75, 3.05) is 18.4 Å². The van der Waals surface area contributed by atoms with Gasteiger partial charge in [0.15, 0.2) is 5.78 Å². The zero-order valence-electron chi connectivity index (χ0n) is 21.1. The lowest BCUT2D eigenvalue weighted by atomic mass is 9.65. The van der Waals surface area contributed by atoms with Crippen LogP contribution in [0.4, 0.5) is 10.1 Å². The molecule has 3 heterocycles. The number of nitrogens with zero attached hydrogens (tertiary/aromatic N) is 5.